The molecule has 1 aliphatic heterocycles. The van der Waals surface area contributed by atoms with Crippen LogP contribution >= 0.6 is 56.1 Å². The molecule has 1 aromatic heterocycles. The first kappa shape index (κ1) is 31.8. The Labute approximate surface area is 249 Å². The summed E-state index contributed by atoms with van der Waals surface area (Å²) < 4.78 is 13.4. The van der Waals surface area contributed by atoms with Gasteiger partial charge >= 0.3 is 5.97 Å². The van der Waals surface area contributed by atoms with Crippen LogP contribution in [0.3, 0.4) is 0 Å². The van der Waals surface area contributed by atoms with E-state index in [0.717, 1.165) is 21.0 Å². The molecule has 2 aromatic rings. The van der Waals surface area contributed by atoms with Crippen molar-refractivity contribution in [2.75, 3.05) is 13.2 Å². The number of esters is 1. The van der Waals surface area contributed by atoms with E-state index in [9.17, 15) is 9.59 Å². The second kappa shape index (κ2) is 13.7. The normalized spacial score (nSPS) is 18.7. The Kier molecular flexibility index (Phi) is 11.5. The van der Waals surface area contributed by atoms with Crippen LogP contribution in [0, 0.1) is 17.3 Å². The molecule has 1 unspecified atom stereocenters. The number of rotatable bonds is 12. The lowest BCUT2D eigenvalue weighted by Crippen LogP contribution is -2.63. The summed E-state index contributed by atoms with van der Waals surface area (Å²) in [5.41, 5.74) is 1.76. The van der Waals surface area contributed by atoms with Gasteiger partial charge in [0.05, 0.1) is 16.1 Å². The fraction of sp³-hybridized carbons (Fsp3) is 0.577. The molecule has 1 fully saturated rings. The van der Waals surface area contributed by atoms with Crippen LogP contribution in [-0.2, 0) is 18.8 Å². The predicted molar refractivity (Wildman–Crippen MR) is 164 cm³/mol. The maximum Gasteiger partial charge on any atom is 0.355 e. The highest BCUT2D eigenvalue weighted by molar-refractivity contribution is 8.77. The second-order valence-electron chi connectivity index (χ2n) is 10.8. The lowest BCUT2D eigenvalue weighted by Gasteiger charge is -2.52. The quantitative estimate of drug-likeness (QED) is 0.0597. The van der Waals surface area contributed by atoms with E-state index in [1.165, 1.54) is 0 Å². The summed E-state index contributed by atoms with van der Waals surface area (Å²) in [6.45, 7) is 14.9. The molecule has 1 amide bonds. The van der Waals surface area contributed by atoms with Gasteiger partial charge in [0, 0.05) is 6.61 Å². The maximum atomic E-state index is 13.9. The van der Waals surface area contributed by atoms with Crippen molar-refractivity contribution in [1.29, 1.82) is 0 Å². The number of likely N-dealkylation sites (tertiary alicyclic amines) is 1. The number of ether oxygens (including phenoxy) is 1. The first-order valence-electron chi connectivity index (χ1n) is 12.6. The number of amides is 1. The number of carbonyl (C=O) groups is 2. The third-order valence-corrected chi connectivity index (χ3v) is 11.4. The van der Waals surface area contributed by atoms with Crippen LogP contribution in [0.2, 0.25) is 13.1 Å². The van der Waals surface area contributed by atoms with E-state index < -0.39 is 19.8 Å². The third-order valence-electron chi connectivity index (χ3n) is 6.25. The number of β-lactam (4-membered cyclic amide) rings is 1. The number of aromatic nitrogens is 1. The number of alkyl halides is 2. The molecule has 38 heavy (non-hydrogen) atoms. The van der Waals surface area contributed by atoms with Crippen molar-refractivity contribution in [3.05, 3.63) is 35.5 Å². The van der Waals surface area contributed by atoms with Crippen molar-refractivity contribution in [3.8, 4) is 0 Å². The number of allylic oxidation sites excluding steroid dienone is 1. The van der Waals surface area contributed by atoms with Crippen LogP contribution in [-0.4, -0.2) is 54.2 Å². The van der Waals surface area contributed by atoms with Crippen LogP contribution < -0.4 is 0 Å². The van der Waals surface area contributed by atoms with Crippen molar-refractivity contribution in [2.45, 2.75) is 68.7 Å². The van der Waals surface area contributed by atoms with Gasteiger partial charge in [0.15, 0.2) is 13.4 Å². The van der Waals surface area contributed by atoms with Gasteiger partial charge in [0.2, 0.25) is 5.91 Å². The zero-order valence-corrected chi connectivity index (χ0v) is 27.9. The number of carbonyl (C=O) groups excluding carboxylic acids is 2. The molecule has 0 saturated carbocycles. The molecule has 210 valence electrons. The molecule has 1 saturated heterocycles. The van der Waals surface area contributed by atoms with Crippen molar-refractivity contribution in [1.82, 2.24) is 9.88 Å². The molecule has 0 aliphatic carbocycles. The summed E-state index contributed by atoms with van der Waals surface area (Å²) in [6.07, 6.45) is 0.774. The number of para-hydroxylation sites is 1. The van der Waals surface area contributed by atoms with Crippen LogP contribution in [0.1, 0.15) is 41.0 Å². The number of halogens is 2. The molecule has 0 radical (unpaired) electrons. The van der Waals surface area contributed by atoms with Crippen LogP contribution in [0.25, 0.3) is 10.2 Å². The molecule has 3 rings (SSSR count). The Balaban J connectivity index is 1.92. The number of fused-ring (bicyclic) bond motifs is 1. The highest BCUT2D eigenvalue weighted by atomic mass is 35.5. The fourth-order valence-electron chi connectivity index (χ4n) is 4.51. The van der Waals surface area contributed by atoms with E-state index in [1.807, 2.05) is 18.2 Å². The molecule has 2 heterocycles. The molecule has 1 aromatic carbocycles. The summed E-state index contributed by atoms with van der Waals surface area (Å²) in [6, 6.07) is 8.02. The predicted octanol–water partition coefficient (Wildman–Crippen LogP) is 7.51. The van der Waals surface area contributed by atoms with E-state index in [1.54, 1.807) is 51.7 Å². The monoisotopic (exact) mass is 634 g/mol. The van der Waals surface area contributed by atoms with E-state index in [4.69, 9.17) is 37.3 Å². The molecule has 0 bridgehead atoms. The summed E-state index contributed by atoms with van der Waals surface area (Å²) >= 11 is 13.2. The zero-order chi connectivity index (χ0) is 28.2. The van der Waals surface area contributed by atoms with Gasteiger partial charge in [-0.05, 0) is 73.2 Å². The van der Waals surface area contributed by atoms with Crippen molar-refractivity contribution >= 4 is 87.3 Å². The summed E-state index contributed by atoms with van der Waals surface area (Å²) in [5, 5.41) is -0.278. The van der Waals surface area contributed by atoms with E-state index in [-0.39, 0.29) is 40.8 Å². The highest BCUT2D eigenvalue weighted by Crippen LogP contribution is 2.53. The first-order chi connectivity index (χ1) is 17.8. The summed E-state index contributed by atoms with van der Waals surface area (Å²) in [5.74, 6) is -0.886. The molecular weight excluding hydrogens is 599 g/mol. The number of thiazole rings is 1. The van der Waals surface area contributed by atoms with E-state index in [0.29, 0.717) is 12.2 Å². The van der Waals surface area contributed by atoms with Gasteiger partial charge in [-0.1, -0.05) is 43.7 Å². The van der Waals surface area contributed by atoms with Gasteiger partial charge < -0.3 is 9.16 Å². The first-order valence-corrected chi connectivity index (χ1v) is 19.3. The molecule has 12 heteroatoms. The minimum atomic E-state index is -1.18. The SMILES string of the molecule is CC(C)=C(C(=O)OCC(Cl)Cl)N1C(=O)[C@@H](C(CCO[SiH](C)C)C(C)(C)C)[C@H]1SSc1nc2ccccc2s1. The molecule has 0 N–H and O–H groups in total. The summed E-state index contributed by atoms with van der Waals surface area (Å²) in [4.78, 5) is 32.5. The Bertz CT molecular complexity index is 1130. The Hall–Kier alpha value is -0.753. The molecule has 3 atom stereocenters. The highest BCUT2D eigenvalue weighted by Gasteiger charge is 2.56. The fourth-order valence-corrected chi connectivity index (χ4v) is 9.31. The average molecular weight is 636 g/mol. The van der Waals surface area contributed by atoms with Crippen LogP contribution in [0.4, 0.5) is 0 Å². The van der Waals surface area contributed by atoms with Crippen LogP contribution in [0.15, 0.2) is 39.9 Å². The van der Waals surface area contributed by atoms with Gasteiger partial charge in [-0.15, -0.1) is 34.5 Å². The summed E-state index contributed by atoms with van der Waals surface area (Å²) in [7, 11) is 1.93. The Morgan fingerprint density at radius 1 is 1.24 bits per heavy atom. The smallest absolute Gasteiger partial charge is 0.355 e. The maximum absolute atomic E-state index is 13.9. The van der Waals surface area contributed by atoms with Crippen molar-refractivity contribution in [3.63, 3.8) is 0 Å². The van der Waals surface area contributed by atoms with Gasteiger partial charge in [-0.2, -0.15) is 0 Å². The minimum Gasteiger partial charge on any atom is -0.458 e. The zero-order valence-electron chi connectivity index (χ0n) is 22.8. The molecule has 0 spiro atoms. The number of benzene rings is 1. The molecule has 1 aliphatic rings. The van der Waals surface area contributed by atoms with Crippen LogP contribution in [0.5, 0.6) is 0 Å². The lowest BCUT2D eigenvalue weighted by molar-refractivity contribution is -0.159. The van der Waals surface area contributed by atoms with E-state index >= 15 is 0 Å². The van der Waals surface area contributed by atoms with Gasteiger partial charge in [-0.25, -0.2) is 9.78 Å². The lowest BCUT2D eigenvalue weighted by atomic mass is 9.68. The minimum absolute atomic E-state index is 0.0666. The standard InChI is InChI=1S/C26H36Cl2N2O4S3Si/c1-15(2)21(24(32)33-14-19(27)28)30-22(31)20(16(26(3,4)5)12-13-34-38(6)7)23(30)36-37-25-29-17-10-8-9-11-18(17)35-25/h8-11,16,19-20,23,38H,12-14H2,1-7H3/t16?,20-,23-/m1/s1. The molecular formula is C26H36Cl2N2O4S3Si. The Morgan fingerprint density at radius 2 is 1.92 bits per heavy atom. The van der Waals surface area contributed by atoms with Crippen molar-refractivity contribution < 1.29 is 18.8 Å². The van der Waals surface area contributed by atoms with Crippen molar-refractivity contribution in [2.24, 2.45) is 17.3 Å². The largest absolute Gasteiger partial charge is 0.458 e. The van der Waals surface area contributed by atoms with Gasteiger partial charge in [0.25, 0.3) is 0 Å². The average Bonchev–Trinajstić information content (AvgIpc) is 3.24. The van der Waals surface area contributed by atoms with Gasteiger partial charge in [-0.3, -0.25) is 9.69 Å². The van der Waals surface area contributed by atoms with E-state index in [2.05, 4.69) is 39.9 Å². The Morgan fingerprint density at radius 3 is 2.50 bits per heavy atom. The molecule has 6 nitrogen and oxygen atoms in total. The topological polar surface area (TPSA) is 68.7 Å². The number of hydrogen-bond acceptors (Lipinski definition) is 8. The third kappa shape index (κ3) is 7.92. The number of nitrogens with zero attached hydrogens (tertiary/aromatic N) is 2. The number of hydrogen-bond donors (Lipinski definition) is 0. The van der Waals surface area contributed by atoms with Gasteiger partial charge in [0.1, 0.15) is 22.5 Å². The second-order valence-corrected chi connectivity index (χ2v) is 18.1.